The zero-order valence-corrected chi connectivity index (χ0v) is 19.3. The highest BCUT2D eigenvalue weighted by Crippen LogP contribution is 2.26. The van der Waals surface area contributed by atoms with Gasteiger partial charge in [-0.2, -0.15) is 13.8 Å². The number of benzene rings is 2. The van der Waals surface area contributed by atoms with Gasteiger partial charge >= 0.3 is 6.11 Å². The molecule has 4 aromatic rings. The fourth-order valence-corrected chi connectivity index (χ4v) is 3.82. The maximum Gasteiger partial charge on any atom is 0.394 e. The number of nitrogens with zero attached hydrogens (tertiary/aromatic N) is 6. The lowest BCUT2D eigenvalue weighted by molar-refractivity contribution is -0.158. The zero-order valence-electron chi connectivity index (χ0n) is 19.3. The quantitative estimate of drug-likeness (QED) is 0.388. The second-order valence-corrected chi connectivity index (χ2v) is 8.27. The third-order valence-corrected chi connectivity index (χ3v) is 5.50. The van der Waals surface area contributed by atoms with Crippen LogP contribution in [-0.4, -0.2) is 57.3 Å². The van der Waals surface area contributed by atoms with Gasteiger partial charge in [0.25, 0.3) is 5.89 Å². The number of rotatable bonds is 7. The molecule has 0 bridgehead atoms. The van der Waals surface area contributed by atoms with Gasteiger partial charge in [-0.3, -0.25) is 0 Å². The minimum absolute atomic E-state index is 0.0405. The van der Waals surface area contributed by atoms with Gasteiger partial charge in [0.05, 0.1) is 19.8 Å². The van der Waals surface area contributed by atoms with E-state index in [-0.39, 0.29) is 11.6 Å². The number of aryl methyl sites for hydroxylation is 1. The normalized spacial score (nSPS) is 14.3. The fourth-order valence-electron chi connectivity index (χ4n) is 3.82. The van der Waals surface area contributed by atoms with E-state index in [0.29, 0.717) is 36.5 Å². The Morgan fingerprint density at radius 1 is 1.03 bits per heavy atom. The van der Waals surface area contributed by atoms with Crippen molar-refractivity contribution in [1.29, 1.82) is 0 Å². The highest BCUT2D eigenvalue weighted by atomic mass is 19.3. The molecule has 2 aromatic carbocycles. The molecule has 0 N–H and O–H groups in total. The average molecular weight is 482 g/mol. The molecular formula is C24H24F2N6O3. The summed E-state index contributed by atoms with van der Waals surface area (Å²) in [6, 6.07) is 14.3. The third-order valence-electron chi connectivity index (χ3n) is 5.50. The molecule has 0 radical (unpaired) electrons. The van der Waals surface area contributed by atoms with Gasteiger partial charge in [0.15, 0.2) is 0 Å². The number of hydrogen-bond donors (Lipinski definition) is 0. The first-order valence-corrected chi connectivity index (χ1v) is 11.2. The summed E-state index contributed by atoms with van der Waals surface area (Å²) in [5, 5.41) is 8.52. The molecule has 2 aromatic heterocycles. The molecular weight excluding hydrogens is 458 g/mol. The van der Waals surface area contributed by atoms with Crippen LogP contribution in [0.25, 0.3) is 23.1 Å². The predicted molar refractivity (Wildman–Crippen MR) is 123 cm³/mol. The lowest BCUT2D eigenvalue weighted by atomic mass is 10.2. The number of anilines is 1. The largest absolute Gasteiger partial charge is 0.433 e. The molecule has 9 nitrogen and oxygen atoms in total. The Kier molecular flexibility index (Phi) is 6.16. The molecule has 182 valence electrons. The Balaban J connectivity index is 1.30. The third kappa shape index (κ3) is 5.46. The monoisotopic (exact) mass is 482 g/mol. The Morgan fingerprint density at radius 2 is 1.80 bits per heavy atom. The lowest BCUT2D eigenvalue weighted by Gasteiger charge is -2.29. The van der Waals surface area contributed by atoms with Gasteiger partial charge in [-0.25, -0.2) is 9.67 Å². The van der Waals surface area contributed by atoms with Crippen LogP contribution in [0.4, 0.5) is 14.5 Å². The number of halogens is 2. The van der Waals surface area contributed by atoms with Crippen LogP contribution >= 0.6 is 0 Å². The molecule has 1 aliphatic rings. The Labute approximate surface area is 200 Å². The molecule has 1 aliphatic heterocycles. The standard InChI is InChI=1S/C24H24F2N6O3/c1-16-27-22(23-28-21(30-35-23)18-6-8-20(9-7-18)34-24(2,25)26)29-32(16)15-17-4-3-5-19(14-17)31-10-12-33-13-11-31/h3-9,14H,10-13,15H2,1-2H3. The van der Waals surface area contributed by atoms with Crippen molar-refractivity contribution in [3.8, 4) is 28.9 Å². The molecule has 0 saturated carbocycles. The van der Waals surface area contributed by atoms with Crippen molar-refractivity contribution in [3.05, 3.63) is 59.9 Å². The lowest BCUT2D eigenvalue weighted by Crippen LogP contribution is -2.36. The van der Waals surface area contributed by atoms with Gasteiger partial charge < -0.3 is 18.9 Å². The molecule has 0 amide bonds. The summed E-state index contributed by atoms with van der Waals surface area (Å²) in [7, 11) is 0. The molecule has 35 heavy (non-hydrogen) atoms. The van der Waals surface area contributed by atoms with E-state index in [9.17, 15) is 8.78 Å². The van der Waals surface area contributed by atoms with E-state index in [1.807, 2.05) is 13.0 Å². The van der Waals surface area contributed by atoms with Crippen molar-refractivity contribution in [1.82, 2.24) is 24.9 Å². The van der Waals surface area contributed by atoms with Gasteiger partial charge in [-0.05, 0) is 48.9 Å². The van der Waals surface area contributed by atoms with Crippen molar-refractivity contribution in [3.63, 3.8) is 0 Å². The molecule has 1 saturated heterocycles. The van der Waals surface area contributed by atoms with Gasteiger partial charge in [-0.1, -0.05) is 17.3 Å². The second kappa shape index (κ2) is 9.41. The van der Waals surface area contributed by atoms with Crippen molar-refractivity contribution < 1.29 is 22.8 Å². The van der Waals surface area contributed by atoms with Gasteiger partial charge in [-0.15, -0.1) is 5.10 Å². The first kappa shape index (κ1) is 22.9. The summed E-state index contributed by atoms with van der Waals surface area (Å²) in [5.74, 6) is 1.53. The molecule has 1 fully saturated rings. The van der Waals surface area contributed by atoms with Crippen LogP contribution in [0, 0.1) is 6.92 Å². The van der Waals surface area contributed by atoms with E-state index in [0.717, 1.165) is 37.6 Å². The number of aromatic nitrogens is 5. The van der Waals surface area contributed by atoms with E-state index in [2.05, 4.69) is 48.1 Å². The minimum atomic E-state index is -3.26. The fraction of sp³-hybridized carbons (Fsp3) is 0.333. The summed E-state index contributed by atoms with van der Waals surface area (Å²) >= 11 is 0. The zero-order chi connectivity index (χ0) is 24.4. The van der Waals surface area contributed by atoms with E-state index >= 15 is 0 Å². The van der Waals surface area contributed by atoms with Crippen LogP contribution in [0.2, 0.25) is 0 Å². The number of ether oxygens (including phenoxy) is 2. The Bertz CT molecular complexity index is 1290. The summed E-state index contributed by atoms with van der Waals surface area (Å²) in [6.07, 6.45) is -3.26. The number of morpholine rings is 1. The van der Waals surface area contributed by atoms with Crippen molar-refractivity contribution in [2.75, 3.05) is 31.2 Å². The molecule has 0 unspecified atom stereocenters. The highest BCUT2D eigenvalue weighted by molar-refractivity contribution is 5.58. The van der Waals surface area contributed by atoms with Crippen molar-refractivity contribution >= 4 is 5.69 Å². The molecule has 0 spiro atoms. The summed E-state index contributed by atoms with van der Waals surface area (Å²) in [6.45, 7) is 6.29. The Morgan fingerprint density at radius 3 is 2.54 bits per heavy atom. The predicted octanol–water partition coefficient (Wildman–Crippen LogP) is 4.18. The van der Waals surface area contributed by atoms with Crippen molar-refractivity contribution in [2.45, 2.75) is 26.5 Å². The summed E-state index contributed by atoms with van der Waals surface area (Å²) < 4.78 is 43.2. The van der Waals surface area contributed by atoms with Gasteiger partial charge in [0, 0.05) is 31.3 Å². The van der Waals surface area contributed by atoms with Crippen LogP contribution in [0.15, 0.2) is 53.1 Å². The highest BCUT2D eigenvalue weighted by Gasteiger charge is 2.23. The van der Waals surface area contributed by atoms with Crippen molar-refractivity contribution in [2.24, 2.45) is 0 Å². The van der Waals surface area contributed by atoms with E-state index < -0.39 is 6.11 Å². The van der Waals surface area contributed by atoms with Crippen LogP contribution in [0.5, 0.6) is 5.75 Å². The molecule has 5 rings (SSSR count). The van der Waals surface area contributed by atoms with E-state index in [1.165, 1.54) is 12.1 Å². The smallest absolute Gasteiger partial charge is 0.394 e. The first-order chi connectivity index (χ1) is 16.8. The van der Waals surface area contributed by atoms with Gasteiger partial charge in [0.2, 0.25) is 11.6 Å². The SMILES string of the molecule is Cc1nc(-c2nc(-c3ccc(OC(C)(F)F)cc3)no2)nn1Cc1cccc(N2CCOCC2)c1. The van der Waals surface area contributed by atoms with Crippen LogP contribution in [0.1, 0.15) is 18.3 Å². The minimum Gasteiger partial charge on any atom is -0.433 e. The maximum atomic E-state index is 13.0. The van der Waals surface area contributed by atoms with E-state index in [4.69, 9.17) is 9.26 Å². The van der Waals surface area contributed by atoms with E-state index in [1.54, 1.807) is 16.8 Å². The number of hydrogen-bond acceptors (Lipinski definition) is 8. The maximum absolute atomic E-state index is 13.0. The summed E-state index contributed by atoms with van der Waals surface area (Å²) in [5.41, 5.74) is 2.84. The van der Waals surface area contributed by atoms with Crippen LogP contribution in [-0.2, 0) is 11.3 Å². The molecule has 0 atom stereocenters. The average Bonchev–Trinajstić information content (AvgIpc) is 3.47. The second-order valence-electron chi connectivity index (χ2n) is 8.27. The van der Waals surface area contributed by atoms with Crippen LogP contribution < -0.4 is 9.64 Å². The molecule has 11 heteroatoms. The van der Waals surface area contributed by atoms with Crippen LogP contribution in [0.3, 0.4) is 0 Å². The first-order valence-electron chi connectivity index (χ1n) is 11.2. The number of alkyl halides is 2. The van der Waals surface area contributed by atoms with Gasteiger partial charge in [0.1, 0.15) is 11.6 Å². The summed E-state index contributed by atoms with van der Waals surface area (Å²) in [4.78, 5) is 11.1. The Hall–Kier alpha value is -3.86. The topological polar surface area (TPSA) is 91.3 Å². The molecule has 0 aliphatic carbocycles. The molecule has 3 heterocycles.